The third kappa shape index (κ3) is 5.34. The summed E-state index contributed by atoms with van der Waals surface area (Å²) in [4.78, 5) is 26.6. The molecule has 2 amide bonds. The van der Waals surface area contributed by atoms with E-state index in [9.17, 15) is 18.0 Å². The van der Waals surface area contributed by atoms with Crippen molar-refractivity contribution < 1.29 is 18.0 Å². The number of rotatable bonds is 7. The lowest BCUT2D eigenvalue weighted by atomic mass is 10.2. The Hall–Kier alpha value is -2.65. The first kappa shape index (κ1) is 23.0. The molecule has 1 heterocycles. The predicted molar refractivity (Wildman–Crippen MR) is 124 cm³/mol. The third-order valence-corrected chi connectivity index (χ3v) is 7.53. The number of amidine groups is 1. The number of aryl methyl sites for hydroxylation is 2. The van der Waals surface area contributed by atoms with Crippen LogP contribution in [0.1, 0.15) is 31.4 Å². The summed E-state index contributed by atoms with van der Waals surface area (Å²) in [6, 6.07) is 13.9. The number of hydrogen-bond acceptors (Lipinski definition) is 5. The molecule has 2 aromatic rings. The van der Waals surface area contributed by atoms with Crippen LogP contribution in [0.4, 0.5) is 5.69 Å². The average molecular weight is 460 g/mol. The highest BCUT2D eigenvalue weighted by molar-refractivity contribution is 8.16. The zero-order valence-corrected chi connectivity index (χ0v) is 19.3. The molecule has 0 radical (unpaired) electrons. The quantitative estimate of drug-likeness (QED) is 0.683. The molecule has 0 bridgehead atoms. The molecule has 1 saturated heterocycles. The molecule has 1 aliphatic heterocycles. The standard InChI is InChI=1S/C22H25N3O4S2/c1-4-16-10-12-17(13-11-16)31(28,29)24-22-25(5-2)21(27)19(30-22)14-20(26)23-18-9-7-6-8-15(18)3/h6-13,19H,4-5,14H2,1-3H3,(H,23,26)/t19-/m0/s1. The van der Waals surface area contributed by atoms with E-state index in [1.807, 2.05) is 32.0 Å². The summed E-state index contributed by atoms with van der Waals surface area (Å²) < 4.78 is 29.4. The van der Waals surface area contributed by atoms with Crippen molar-refractivity contribution in [3.8, 4) is 0 Å². The zero-order valence-electron chi connectivity index (χ0n) is 17.7. The Morgan fingerprint density at radius 3 is 2.42 bits per heavy atom. The number of benzene rings is 2. The largest absolute Gasteiger partial charge is 0.326 e. The van der Waals surface area contributed by atoms with Crippen LogP contribution in [-0.4, -0.2) is 42.1 Å². The fraction of sp³-hybridized carbons (Fsp3) is 0.318. The Balaban J connectivity index is 1.77. The molecular formula is C22H25N3O4S2. The van der Waals surface area contributed by atoms with Crippen LogP contribution in [0.2, 0.25) is 0 Å². The molecule has 9 heteroatoms. The molecule has 3 rings (SSSR count). The smallest absolute Gasteiger partial charge is 0.284 e. The van der Waals surface area contributed by atoms with Gasteiger partial charge in [0.1, 0.15) is 5.25 Å². The minimum atomic E-state index is -3.97. The molecule has 0 aliphatic carbocycles. The Kier molecular flexibility index (Phi) is 7.17. The number of hydrogen-bond donors (Lipinski definition) is 1. The number of nitrogens with zero attached hydrogens (tertiary/aromatic N) is 2. The van der Waals surface area contributed by atoms with Gasteiger partial charge in [-0.1, -0.05) is 49.0 Å². The van der Waals surface area contributed by atoms with Gasteiger partial charge in [-0.25, -0.2) is 0 Å². The maximum Gasteiger partial charge on any atom is 0.284 e. The van der Waals surface area contributed by atoms with Gasteiger partial charge in [0, 0.05) is 18.7 Å². The van der Waals surface area contributed by atoms with Gasteiger partial charge >= 0.3 is 0 Å². The second-order valence-corrected chi connectivity index (χ2v) is 9.88. The minimum Gasteiger partial charge on any atom is -0.326 e. The van der Waals surface area contributed by atoms with Crippen molar-refractivity contribution in [3.63, 3.8) is 0 Å². The van der Waals surface area contributed by atoms with E-state index in [0.29, 0.717) is 5.69 Å². The Morgan fingerprint density at radius 2 is 1.81 bits per heavy atom. The molecule has 0 spiro atoms. The minimum absolute atomic E-state index is 0.0708. The van der Waals surface area contributed by atoms with E-state index in [-0.39, 0.29) is 34.8 Å². The van der Waals surface area contributed by atoms with Crippen molar-refractivity contribution in [2.24, 2.45) is 4.40 Å². The van der Waals surface area contributed by atoms with Crippen molar-refractivity contribution in [2.75, 3.05) is 11.9 Å². The summed E-state index contributed by atoms with van der Waals surface area (Å²) in [5, 5.41) is 2.19. The number of para-hydroxylation sites is 1. The van der Waals surface area contributed by atoms with E-state index in [1.54, 1.807) is 25.1 Å². The lowest BCUT2D eigenvalue weighted by Crippen LogP contribution is -2.33. The number of carbonyl (C=O) groups is 2. The molecule has 1 atom stereocenters. The van der Waals surface area contributed by atoms with Crippen LogP contribution in [0.5, 0.6) is 0 Å². The second kappa shape index (κ2) is 9.65. The maximum atomic E-state index is 12.8. The van der Waals surface area contributed by atoms with E-state index in [2.05, 4.69) is 9.71 Å². The van der Waals surface area contributed by atoms with E-state index < -0.39 is 15.3 Å². The van der Waals surface area contributed by atoms with Crippen LogP contribution in [0.25, 0.3) is 0 Å². The fourth-order valence-corrected chi connectivity index (χ4v) is 5.56. The normalized spacial score (nSPS) is 17.9. The molecule has 1 aliphatic rings. The first-order valence-electron chi connectivity index (χ1n) is 10.0. The van der Waals surface area contributed by atoms with Crippen molar-refractivity contribution in [1.82, 2.24) is 4.90 Å². The van der Waals surface area contributed by atoms with E-state index in [4.69, 9.17) is 0 Å². The molecule has 1 fully saturated rings. The molecule has 164 valence electrons. The highest BCUT2D eigenvalue weighted by atomic mass is 32.2. The third-order valence-electron chi connectivity index (χ3n) is 4.95. The fourth-order valence-electron chi connectivity index (χ4n) is 3.14. The van der Waals surface area contributed by atoms with Gasteiger partial charge in [-0.2, -0.15) is 8.42 Å². The molecule has 0 unspecified atom stereocenters. The zero-order chi connectivity index (χ0) is 22.6. The molecule has 31 heavy (non-hydrogen) atoms. The molecule has 7 nitrogen and oxygen atoms in total. The summed E-state index contributed by atoms with van der Waals surface area (Å²) in [5.74, 6) is -0.627. The van der Waals surface area contributed by atoms with Crippen molar-refractivity contribution in [3.05, 3.63) is 59.7 Å². The highest BCUT2D eigenvalue weighted by Gasteiger charge is 2.39. The molecule has 0 saturated carbocycles. The van der Waals surface area contributed by atoms with Crippen LogP contribution in [0, 0.1) is 6.92 Å². The van der Waals surface area contributed by atoms with E-state index in [0.717, 1.165) is 29.3 Å². The van der Waals surface area contributed by atoms with Crippen LogP contribution in [0.3, 0.4) is 0 Å². The predicted octanol–water partition coefficient (Wildman–Crippen LogP) is 3.59. The lowest BCUT2D eigenvalue weighted by Gasteiger charge is -2.13. The van der Waals surface area contributed by atoms with Gasteiger partial charge in [0.2, 0.25) is 11.8 Å². The van der Waals surface area contributed by atoms with Gasteiger partial charge < -0.3 is 5.32 Å². The van der Waals surface area contributed by atoms with Crippen molar-refractivity contribution in [1.29, 1.82) is 0 Å². The van der Waals surface area contributed by atoms with Gasteiger partial charge in [0.05, 0.1) is 4.90 Å². The number of sulfonamides is 1. The van der Waals surface area contributed by atoms with Gasteiger partial charge in [0.15, 0.2) is 5.17 Å². The van der Waals surface area contributed by atoms with Gasteiger partial charge in [0.25, 0.3) is 10.0 Å². The Bertz CT molecular complexity index is 1110. The topological polar surface area (TPSA) is 95.9 Å². The van der Waals surface area contributed by atoms with Crippen LogP contribution < -0.4 is 5.32 Å². The summed E-state index contributed by atoms with van der Waals surface area (Å²) in [6.45, 7) is 5.88. The van der Waals surface area contributed by atoms with E-state index in [1.165, 1.54) is 17.0 Å². The summed E-state index contributed by atoms with van der Waals surface area (Å²) in [5.41, 5.74) is 2.62. The number of nitrogens with one attached hydrogen (secondary N) is 1. The summed E-state index contributed by atoms with van der Waals surface area (Å²) in [7, 11) is -3.97. The molecule has 2 aromatic carbocycles. The first-order chi connectivity index (χ1) is 14.7. The van der Waals surface area contributed by atoms with Crippen LogP contribution in [-0.2, 0) is 26.0 Å². The van der Waals surface area contributed by atoms with Crippen LogP contribution >= 0.6 is 11.8 Å². The van der Waals surface area contributed by atoms with Crippen LogP contribution in [0.15, 0.2) is 57.8 Å². The van der Waals surface area contributed by atoms with Crippen molar-refractivity contribution >= 4 is 44.5 Å². The molecule has 0 aromatic heterocycles. The SMILES string of the molecule is CCc1ccc(S(=O)(=O)N=C2S[C@@H](CC(=O)Nc3ccccc3C)C(=O)N2CC)cc1. The highest BCUT2D eigenvalue weighted by Crippen LogP contribution is 2.31. The maximum absolute atomic E-state index is 12.8. The summed E-state index contributed by atoms with van der Waals surface area (Å²) >= 11 is 1.01. The van der Waals surface area contributed by atoms with E-state index >= 15 is 0 Å². The number of amides is 2. The van der Waals surface area contributed by atoms with Crippen molar-refractivity contribution in [2.45, 2.75) is 43.8 Å². The number of anilines is 1. The molecule has 1 N–H and O–H groups in total. The summed E-state index contributed by atoms with van der Waals surface area (Å²) in [6.07, 6.45) is 0.730. The lowest BCUT2D eigenvalue weighted by molar-refractivity contribution is -0.128. The number of carbonyl (C=O) groups excluding carboxylic acids is 2. The van der Waals surface area contributed by atoms with Gasteiger partial charge in [-0.15, -0.1) is 4.40 Å². The first-order valence-corrected chi connectivity index (χ1v) is 12.3. The monoisotopic (exact) mass is 459 g/mol. The number of thioether (sulfide) groups is 1. The average Bonchev–Trinajstić information content (AvgIpc) is 3.03. The molecular weight excluding hydrogens is 434 g/mol. The van der Waals surface area contributed by atoms with Gasteiger partial charge in [-0.3, -0.25) is 14.5 Å². The Morgan fingerprint density at radius 1 is 1.13 bits per heavy atom. The second-order valence-electron chi connectivity index (χ2n) is 7.10. The Labute approximate surface area is 187 Å². The van der Waals surface area contributed by atoms with Gasteiger partial charge in [-0.05, 0) is 49.6 Å².